The highest BCUT2D eigenvalue weighted by Gasteiger charge is 2.20. The number of carbonyl (C=O) groups is 2. The number of nitrogens with one attached hydrogen (secondary N) is 2. The maximum Gasteiger partial charge on any atom is 0.220 e. The summed E-state index contributed by atoms with van der Waals surface area (Å²) in [6.07, 6.45) is 8.31. The number of unbranched alkanes of at least 4 members (excludes halogenated alkanes) is 1. The topological polar surface area (TPSA) is 132 Å². The van der Waals surface area contributed by atoms with Gasteiger partial charge in [0.1, 0.15) is 17.2 Å². The molecule has 2 heterocycles. The number of likely N-dealkylation sites (N-methyl/N-ethyl adjacent to an activating group) is 2. The van der Waals surface area contributed by atoms with Crippen molar-refractivity contribution in [2.75, 3.05) is 92.6 Å². The number of aromatic hydroxyl groups is 3. The minimum absolute atomic E-state index is 0.0137. The standard InChI is InChI=1S/C36H56N6O5/c1-39-20-24-41(25-21-39)18-8-16-37-32(44)14-5-3-10-28-29(36(47)34-30(35(28)46)12-7-13-31(34)43)11-4-6-15-33(45)38-17-9-19-42-26-22-40(2)23-27-42/h4,7,11-13,43,46-47H,3,5-6,8-10,14-27H2,1-2H3,(H,37,44)(H,38,45)/b11-4+. The molecule has 2 aromatic rings. The van der Waals surface area contributed by atoms with Crippen LogP contribution in [0, 0.1) is 0 Å². The van der Waals surface area contributed by atoms with Crippen molar-refractivity contribution in [1.29, 1.82) is 0 Å². The van der Waals surface area contributed by atoms with Crippen molar-refractivity contribution in [2.45, 2.75) is 51.4 Å². The van der Waals surface area contributed by atoms with Crippen molar-refractivity contribution in [3.05, 3.63) is 35.4 Å². The monoisotopic (exact) mass is 652 g/mol. The van der Waals surface area contributed by atoms with Crippen LogP contribution >= 0.6 is 0 Å². The Labute approximate surface area is 280 Å². The van der Waals surface area contributed by atoms with Crippen molar-refractivity contribution >= 4 is 28.7 Å². The van der Waals surface area contributed by atoms with Gasteiger partial charge in [-0.3, -0.25) is 9.59 Å². The Morgan fingerprint density at radius 2 is 1.32 bits per heavy atom. The lowest BCUT2D eigenvalue weighted by molar-refractivity contribution is -0.121. The van der Waals surface area contributed by atoms with Gasteiger partial charge in [-0.25, -0.2) is 0 Å². The smallest absolute Gasteiger partial charge is 0.220 e. The summed E-state index contributed by atoms with van der Waals surface area (Å²) in [5.41, 5.74) is 0.996. The third-order valence-electron chi connectivity index (χ3n) is 9.44. The molecule has 2 aromatic carbocycles. The summed E-state index contributed by atoms with van der Waals surface area (Å²) in [4.78, 5) is 34.4. The van der Waals surface area contributed by atoms with Gasteiger partial charge < -0.3 is 45.6 Å². The highest BCUT2D eigenvalue weighted by molar-refractivity contribution is 6.01. The summed E-state index contributed by atoms with van der Waals surface area (Å²) in [6, 6.07) is 4.78. The molecule has 0 aliphatic carbocycles. The van der Waals surface area contributed by atoms with E-state index in [4.69, 9.17) is 0 Å². The largest absolute Gasteiger partial charge is 0.507 e. The van der Waals surface area contributed by atoms with E-state index in [2.05, 4.69) is 44.3 Å². The van der Waals surface area contributed by atoms with E-state index in [-0.39, 0.29) is 34.4 Å². The number of fused-ring (bicyclic) bond motifs is 1. The number of piperazine rings is 2. The predicted molar refractivity (Wildman–Crippen MR) is 188 cm³/mol. The molecule has 0 aromatic heterocycles. The van der Waals surface area contributed by atoms with E-state index >= 15 is 0 Å². The Morgan fingerprint density at radius 1 is 0.745 bits per heavy atom. The van der Waals surface area contributed by atoms with Gasteiger partial charge in [-0.2, -0.15) is 0 Å². The molecule has 11 nitrogen and oxygen atoms in total. The zero-order chi connectivity index (χ0) is 33.6. The number of phenolic OH excluding ortho intramolecular Hbond substituents is 3. The fraction of sp³-hybridized carbons (Fsp3) is 0.611. The number of hydrogen-bond acceptors (Lipinski definition) is 9. The maximum atomic E-state index is 12.4. The van der Waals surface area contributed by atoms with Gasteiger partial charge in [-0.1, -0.05) is 24.3 Å². The second-order valence-corrected chi connectivity index (χ2v) is 13.1. The van der Waals surface area contributed by atoms with Gasteiger partial charge in [-0.15, -0.1) is 0 Å². The highest BCUT2D eigenvalue weighted by Crippen LogP contribution is 2.44. The van der Waals surface area contributed by atoms with Crippen LogP contribution < -0.4 is 10.6 Å². The van der Waals surface area contributed by atoms with Crippen LogP contribution in [0.15, 0.2) is 24.3 Å². The van der Waals surface area contributed by atoms with E-state index in [1.54, 1.807) is 18.2 Å². The third kappa shape index (κ3) is 11.4. The Kier molecular flexibility index (Phi) is 14.6. The zero-order valence-electron chi connectivity index (χ0n) is 28.5. The lowest BCUT2D eigenvalue weighted by atomic mass is 9.93. The average molecular weight is 653 g/mol. The lowest BCUT2D eigenvalue weighted by Gasteiger charge is -2.32. The normalized spacial score (nSPS) is 17.1. The number of amides is 2. The van der Waals surface area contributed by atoms with Gasteiger partial charge in [0, 0.05) is 94.8 Å². The minimum Gasteiger partial charge on any atom is -0.507 e. The van der Waals surface area contributed by atoms with Crippen LogP contribution in [0.1, 0.15) is 56.1 Å². The first-order chi connectivity index (χ1) is 22.7. The van der Waals surface area contributed by atoms with Crippen LogP contribution in [0.25, 0.3) is 16.8 Å². The van der Waals surface area contributed by atoms with Crippen LogP contribution in [-0.4, -0.2) is 139 Å². The average Bonchev–Trinajstić information content (AvgIpc) is 3.06. The molecular formula is C36H56N6O5. The van der Waals surface area contributed by atoms with Crippen LogP contribution in [-0.2, 0) is 16.0 Å². The quantitative estimate of drug-likeness (QED) is 0.129. The van der Waals surface area contributed by atoms with Crippen molar-refractivity contribution in [1.82, 2.24) is 30.2 Å². The van der Waals surface area contributed by atoms with Crippen molar-refractivity contribution in [3.63, 3.8) is 0 Å². The molecule has 47 heavy (non-hydrogen) atoms. The van der Waals surface area contributed by atoms with E-state index in [0.717, 1.165) is 78.3 Å². The number of phenols is 3. The second-order valence-electron chi connectivity index (χ2n) is 13.1. The SMILES string of the molecule is CN1CCN(CCCNC(=O)CC/C=C/c2c(CCCCC(=O)NCCCN3CCN(C)CC3)c(O)c3cccc(O)c3c2O)CC1. The van der Waals surface area contributed by atoms with Crippen molar-refractivity contribution in [2.24, 2.45) is 0 Å². The highest BCUT2D eigenvalue weighted by atomic mass is 16.3. The molecule has 0 radical (unpaired) electrons. The van der Waals surface area contributed by atoms with E-state index in [9.17, 15) is 24.9 Å². The van der Waals surface area contributed by atoms with Gasteiger partial charge in [0.15, 0.2) is 0 Å². The molecule has 2 saturated heterocycles. The first-order valence-electron chi connectivity index (χ1n) is 17.4. The molecule has 0 unspecified atom stereocenters. The van der Waals surface area contributed by atoms with Crippen molar-refractivity contribution < 1.29 is 24.9 Å². The summed E-state index contributed by atoms with van der Waals surface area (Å²) in [7, 11) is 4.28. The number of allylic oxidation sites excluding steroid dienone is 1. The van der Waals surface area contributed by atoms with E-state index < -0.39 is 0 Å². The van der Waals surface area contributed by atoms with Gasteiger partial charge >= 0.3 is 0 Å². The fourth-order valence-corrected chi connectivity index (χ4v) is 6.37. The van der Waals surface area contributed by atoms with Gasteiger partial charge in [0.2, 0.25) is 11.8 Å². The summed E-state index contributed by atoms with van der Waals surface area (Å²) < 4.78 is 0. The number of benzene rings is 2. The number of hydrogen-bond donors (Lipinski definition) is 5. The zero-order valence-corrected chi connectivity index (χ0v) is 28.5. The van der Waals surface area contributed by atoms with Crippen molar-refractivity contribution in [3.8, 4) is 17.2 Å². The number of rotatable bonds is 17. The molecule has 0 spiro atoms. The molecular weight excluding hydrogens is 596 g/mol. The van der Waals surface area contributed by atoms with Gasteiger partial charge in [0.05, 0.1) is 5.39 Å². The van der Waals surface area contributed by atoms with E-state index in [1.807, 2.05) is 6.08 Å². The molecule has 2 fully saturated rings. The third-order valence-corrected chi connectivity index (χ3v) is 9.44. The molecule has 11 heteroatoms. The molecule has 260 valence electrons. The molecule has 2 aliphatic rings. The molecule has 2 aliphatic heterocycles. The Hall–Kier alpha value is -3.38. The van der Waals surface area contributed by atoms with Gasteiger partial charge in [-0.05, 0) is 71.8 Å². The fourth-order valence-electron chi connectivity index (χ4n) is 6.37. The van der Waals surface area contributed by atoms with Gasteiger partial charge in [0.25, 0.3) is 0 Å². The Morgan fingerprint density at radius 3 is 1.91 bits per heavy atom. The molecule has 2 amide bonds. The van der Waals surface area contributed by atoms with Crippen LogP contribution in [0.2, 0.25) is 0 Å². The Balaban J connectivity index is 1.24. The molecule has 4 rings (SSSR count). The Bertz CT molecular complexity index is 1340. The van der Waals surface area contributed by atoms with Crippen LogP contribution in [0.5, 0.6) is 17.2 Å². The van der Waals surface area contributed by atoms with E-state index in [0.29, 0.717) is 68.1 Å². The molecule has 0 bridgehead atoms. The summed E-state index contributed by atoms with van der Waals surface area (Å²) in [6.45, 7) is 11.9. The summed E-state index contributed by atoms with van der Waals surface area (Å²) >= 11 is 0. The maximum absolute atomic E-state index is 12.4. The van der Waals surface area contributed by atoms with E-state index in [1.165, 1.54) is 6.07 Å². The minimum atomic E-state index is -0.114. The summed E-state index contributed by atoms with van der Waals surface area (Å²) in [5, 5.41) is 39.5. The van der Waals surface area contributed by atoms with Crippen LogP contribution in [0.3, 0.4) is 0 Å². The number of nitrogens with zero attached hydrogens (tertiary/aromatic N) is 4. The lowest BCUT2D eigenvalue weighted by Crippen LogP contribution is -2.45. The summed E-state index contributed by atoms with van der Waals surface area (Å²) in [5.74, 6) is -0.198. The first kappa shape index (κ1) is 36.5. The first-order valence-corrected chi connectivity index (χ1v) is 17.4. The molecule has 0 atom stereocenters. The predicted octanol–water partition coefficient (Wildman–Crippen LogP) is 2.97. The number of carbonyl (C=O) groups excluding carboxylic acids is 2. The molecule has 5 N–H and O–H groups in total. The molecule has 0 saturated carbocycles. The van der Waals surface area contributed by atoms with Crippen LogP contribution in [0.4, 0.5) is 0 Å². The second kappa shape index (κ2) is 18.8.